The normalized spacial score (nSPS) is 13.8. The smallest absolute Gasteiger partial charge is 0.261 e. The standard InChI is InChI=1S/C7H7NO.ClH/c9-6-4-7-3-1-2-5-8-7;/h1-3,5-6H,4H2;1H/q+1;/p-1. The molecule has 1 heterocycles. The topological polar surface area (TPSA) is 31.2 Å². The minimum Gasteiger partial charge on any atom is -1.00 e. The van der Waals surface area contributed by atoms with E-state index in [2.05, 4.69) is 4.99 Å². The maximum absolute atomic E-state index is 9.93. The number of halogens is 1. The Balaban J connectivity index is 0.000000810. The molecule has 10 heavy (non-hydrogen) atoms. The van der Waals surface area contributed by atoms with E-state index in [0.29, 0.717) is 6.42 Å². The fourth-order valence-electron chi connectivity index (χ4n) is 0.604. The Bertz CT molecular complexity index is 194. The summed E-state index contributed by atoms with van der Waals surface area (Å²) < 4.78 is 0. The first-order chi connectivity index (χ1) is 4.43. The summed E-state index contributed by atoms with van der Waals surface area (Å²) in [7, 11) is 0. The van der Waals surface area contributed by atoms with Crippen LogP contribution in [0, 0.1) is 0 Å². The van der Waals surface area contributed by atoms with E-state index in [-0.39, 0.29) is 12.4 Å². The van der Waals surface area contributed by atoms with Crippen molar-refractivity contribution < 1.29 is 17.2 Å². The van der Waals surface area contributed by atoms with Crippen molar-refractivity contribution in [3.05, 3.63) is 23.9 Å². The number of hydrogen-bond donors (Lipinski definition) is 0. The summed E-state index contributed by atoms with van der Waals surface area (Å²) in [6, 6.07) is 0. The lowest BCUT2D eigenvalue weighted by Crippen LogP contribution is -3.00. The third-order valence-corrected chi connectivity index (χ3v) is 1.02. The molecule has 0 aromatic rings. The van der Waals surface area contributed by atoms with Crippen molar-refractivity contribution >= 4 is 12.5 Å². The van der Waals surface area contributed by atoms with Gasteiger partial charge in [-0.05, 0) is 6.08 Å². The predicted octanol–water partition coefficient (Wildman–Crippen LogP) is -2.56. The second-order valence-corrected chi connectivity index (χ2v) is 1.69. The number of nitrogens with zero attached hydrogens (tertiary/aromatic N) is 1. The van der Waals surface area contributed by atoms with Crippen LogP contribution in [0.15, 0.2) is 23.9 Å². The van der Waals surface area contributed by atoms with E-state index >= 15 is 0 Å². The summed E-state index contributed by atoms with van der Waals surface area (Å²) in [6.45, 7) is 0. The van der Waals surface area contributed by atoms with Crippen LogP contribution in [0.25, 0.3) is 0 Å². The van der Waals surface area contributed by atoms with Gasteiger partial charge in [0.05, 0.1) is 11.4 Å². The van der Waals surface area contributed by atoms with Crippen molar-refractivity contribution in [1.82, 2.24) is 4.99 Å². The zero-order valence-electron chi connectivity index (χ0n) is 5.33. The fraction of sp³-hybridized carbons (Fsp3) is 0.143. The molecule has 1 radical (unpaired) electrons. The van der Waals surface area contributed by atoms with Gasteiger partial charge in [0.2, 0.25) is 6.21 Å². The maximum atomic E-state index is 9.93. The quantitative estimate of drug-likeness (QED) is 0.405. The van der Waals surface area contributed by atoms with Crippen LogP contribution in [0.5, 0.6) is 0 Å². The summed E-state index contributed by atoms with van der Waals surface area (Å²) in [5, 5.41) is 0. The van der Waals surface area contributed by atoms with Crippen molar-refractivity contribution in [2.45, 2.75) is 6.42 Å². The SMILES string of the molecule is O=CCC1=CC=CC=[N+]1.[Cl-]. The minimum absolute atomic E-state index is 0. The molecule has 0 spiro atoms. The molecule has 0 N–H and O–H groups in total. The molecule has 0 atom stereocenters. The molecule has 0 amide bonds. The van der Waals surface area contributed by atoms with Gasteiger partial charge in [0, 0.05) is 12.2 Å². The first kappa shape index (κ1) is 9.11. The summed E-state index contributed by atoms with van der Waals surface area (Å²) in [5.41, 5.74) is 0.826. The second kappa shape index (κ2) is 4.94. The largest absolute Gasteiger partial charge is 1.00 e. The molecule has 1 rings (SSSR count). The van der Waals surface area contributed by atoms with Crippen LogP contribution in [-0.4, -0.2) is 12.5 Å². The van der Waals surface area contributed by atoms with Gasteiger partial charge in [0.1, 0.15) is 6.29 Å². The van der Waals surface area contributed by atoms with Crippen molar-refractivity contribution in [2.75, 3.05) is 0 Å². The Hall–Kier alpha value is -0.890. The van der Waals surface area contributed by atoms with E-state index in [1.807, 2.05) is 18.2 Å². The monoisotopic (exact) mass is 156 g/mol. The van der Waals surface area contributed by atoms with Crippen LogP contribution in [0.3, 0.4) is 0 Å². The number of rotatable bonds is 2. The Morgan fingerprint density at radius 1 is 1.50 bits per heavy atom. The van der Waals surface area contributed by atoms with Crippen molar-refractivity contribution in [3.63, 3.8) is 0 Å². The third kappa shape index (κ3) is 2.60. The molecule has 3 heteroatoms. The average Bonchev–Trinajstić information content (AvgIpc) is 1.91. The van der Waals surface area contributed by atoms with E-state index < -0.39 is 0 Å². The van der Waals surface area contributed by atoms with Crippen LogP contribution in [0.2, 0.25) is 0 Å². The highest BCUT2D eigenvalue weighted by molar-refractivity contribution is 5.73. The van der Waals surface area contributed by atoms with E-state index in [9.17, 15) is 4.79 Å². The fourth-order valence-corrected chi connectivity index (χ4v) is 0.604. The number of carbonyl (C=O) groups excluding carboxylic acids is 1. The highest BCUT2D eigenvalue weighted by atomic mass is 35.5. The maximum Gasteiger partial charge on any atom is 0.261 e. The lowest BCUT2D eigenvalue weighted by molar-refractivity contribution is -0.107. The molecule has 0 unspecified atom stereocenters. The molecule has 0 saturated carbocycles. The molecule has 0 fully saturated rings. The number of aliphatic imine (C=N–C) groups is 1. The van der Waals surface area contributed by atoms with Gasteiger partial charge < -0.3 is 17.2 Å². The molecule has 0 aromatic heterocycles. The Labute approximate surface area is 65.8 Å². The Morgan fingerprint density at radius 2 is 2.30 bits per heavy atom. The summed E-state index contributed by atoms with van der Waals surface area (Å²) in [4.78, 5) is 13.9. The summed E-state index contributed by atoms with van der Waals surface area (Å²) in [6.07, 6.45) is 8.47. The highest BCUT2D eigenvalue weighted by Crippen LogP contribution is 1.95. The molecule has 0 bridgehead atoms. The van der Waals surface area contributed by atoms with Gasteiger partial charge in [-0.15, -0.1) is 0 Å². The van der Waals surface area contributed by atoms with Gasteiger partial charge in [-0.3, -0.25) is 0 Å². The average molecular weight is 157 g/mol. The van der Waals surface area contributed by atoms with Crippen molar-refractivity contribution in [1.29, 1.82) is 0 Å². The summed E-state index contributed by atoms with van der Waals surface area (Å²) in [5.74, 6) is 0. The lowest BCUT2D eigenvalue weighted by atomic mass is 10.3. The molecule has 0 aliphatic carbocycles. The van der Waals surface area contributed by atoms with Crippen LogP contribution in [0.4, 0.5) is 0 Å². The Morgan fingerprint density at radius 3 is 2.80 bits per heavy atom. The lowest BCUT2D eigenvalue weighted by Gasteiger charge is -1.80. The first-order valence-electron chi connectivity index (χ1n) is 2.77. The van der Waals surface area contributed by atoms with Crippen molar-refractivity contribution in [3.8, 4) is 0 Å². The van der Waals surface area contributed by atoms with Gasteiger partial charge in [0.15, 0.2) is 0 Å². The molecule has 1 aliphatic rings. The number of aldehydes is 1. The van der Waals surface area contributed by atoms with Gasteiger partial charge in [0.25, 0.3) is 5.70 Å². The zero-order valence-corrected chi connectivity index (χ0v) is 6.08. The van der Waals surface area contributed by atoms with Gasteiger partial charge >= 0.3 is 0 Å². The zero-order chi connectivity index (χ0) is 6.53. The third-order valence-electron chi connectivity index (χ3n) is 1.02. The van der Waals surface area contributed by atoms with E-state index in [4.69, 9.17) is 0 Å². The van der Waals surface area contributed by atoms with E-state index in [0.717, 1.165) is 12.0 Å². The van der Waals surface area contributed by atoms with Gasteiger partial charge in [-0.2, -0.15) is 0 Å². The number of carbonyl (C=O) groups is 1. The van der Waals surface area contributed by atoms with Crippen LogP contribution >= 0.6 is 0 Å². The molecule has 0 aromatic carbocycles. The summed E-state index contributed by atoms with van der Waals surface area (Å²) >= 11 is 0. The molecule has 0 saturated heterocycles. The van der Waals surface area contributed by atoms with Crippen LogP contribution in [-0.2, 0) is 4.79 Å². The molecular weight excluding hydrogens is 150 g/mol. The molecule has 53 valence electrons. The number of hydrogen-bond acceptors (Lipinski definition) is 2. The predicted molar refractivity (Wildman–Crippen MR) is 36.1 cm³/mol. The first-order valence-corrected chi connectivity index (χ1v) is 2.77. The molecule has 1 aliphatic heterocycles. The minimum atomic E-state index is 0. The Kier molecular flexibility index (Phi) is 4.50. The molecule has 2 nitrogen and oxygen atoms in total. The van der Waals surface area contributed by atoms with Crippen LogP contribution < -0.4 is 17.4 Å². The van der Waals surface area contributed by atoms with E-state index in [1.165, 1.54) is 0 Å². The second-order valence-electron chi connectivity index (χ2n) is 1.69. The van der Waals surface area contributed by atoms with Gasteiger partial charge in [-0.1, -0.05) is 0 Å². The van der Waals surface area contributed by atoms with Crippen LogP contribution in [0.1, 0.15) is 6.42 Å². The van der Waals surface area contributed by atoms with Gasteiger partial charge in [-0.25, -0.2) is 0 Å². The van der Waals surface area contributed by atoms with Crippen molar-refractivity contribution in [2.24, 2.45) is 0 Å². The number of allylic oxidation sites excluding steroid dienone is 4. The van der Waals surface area contributed by atoms with E-state index in [1.54, 1.807) is 6.21 Å². The highest BCUT2D eigenvalue weighted by Gasteiger charge is 2.05. The molecular formula is C7H7ClNO.